The summed E-state index contributed by atoms with van der Waals surface area (Å²) >= 11 is 0. The standard InChI is InChI=1S/C17H36/c1-9-17(16(8)13(4)5)15(7)11-10-14(6)12(2)3/h12-17H,9-11H2,1-8H3. The topological polar surface area (TPSA) is 0 Å². The Labute approximate surface area is 111 Å². The summed E-state index contributed by atoms with van der Waals surface area (Å²) in [7, 11) is 0. The van der Waals surface area contributed by atoms with Crippen molar-refractivity contribution >= 4 is 0 Å². The van der Waals surface area contributed by atoms with Gasteiger partial charge in [-0.2, -0.15) is 0 Å². The Bertz CT molecular complexity index is 180. The third-order valence-corrected chi connectivity index (χ3v) is 5.14. The molecule has 0 bridgehead atoms. The fourth-order valence-corrected chi connectivity index (χ4v) is 2.86. The first-order valence-electron chi connectivity index (χ1n) is 7.81. The molecule has 0 heteroatoms. The lowest BCUT2D eigenvalue weighted by molar-refractivity contribution is 0.179. The van der Waals surface area contributed by atoms with Gasteiger partial charge in [0.15, 0.2) is 0 Å². The number of hydrogen-bond acceptors (Lipinski definition) is 0. The average molecular weight is 240 g/mol. The predicted molar refractivity (Wildman–Crippen MR) is 80.2 cm³/mol. The van der Waals surface area contributed by atoms with Gasteiger partial charge < -0.3 is 0 Å². The molecule has 0 aliphatic carbocycles. The SMILES string of the molecule is CCC(C(C)CCC(C)C(C)C)C(C)C(C)C. The molecule has 0 saturated carbocycles. The summed E-state index contributed by atoms with van der Waals surface area (Å²) in [4.78, 5) is 0. The van der Waals surface area contributed by atoms with E-state index >= 15 is 0 Å². The van der Waals surface area contributed by atoms with E-state index in [9.17, 15) is 0 Å². The predicted octanol–water partition coefficient (Wildman–Crippen LogP) is 6.01. The highest BCUT2D eigenvalue weighted by Gasteiger charge is 2.24. The maximum atomic E-state index is 2.47. The van der Waals surface area contributed by atoms with E-state index in [4.69, 9.17) is 0 Å². The average Bonchev–Trinajstić information content (AvgIpc) is 2.26. The highest BCUT2D eigenvalue weighted by Crippen LogP contribution is 2.33. The summed E-state index contributed by atoms with van der Waals surface area (Å²) in [5.41, 5.74) is 0. The van der Waals surface area contributed by atoms with Crippen LogP contribution in [0.2, 0.25) is 0 Å². The van der Waals surface area contributed by atoms with Crippen LogP contribution in [0.3, 0.4) is 0 Å². The van der Waals surface area contributed by atoms with Gasteiger partial charge in [-0.1, -0.05) is 74.7 Å². The quantitative estimate of drug-likeness (QED) is 0.487. The zero-order valence-corrected chi connectivity index (χ0v) is 13.6. The molecule has 0 N–H and O–H groups in total. The molecule has 4 atom stereocenters. The zero-order valence-electron chi connectivity index (χ0n) is 13.6. The Morgan fingerprint density at radius 1 is 0.647 bits per heavy atom. The van der Waals surface area contributed by atoms with Crippen molar-refractivity contribution in [2.24, 2.45) is 35.5 Å². The van der Waals surface area contributed by atoms with Crippen LogP contribution in [-0.4, -0.2) is 0 Å². The molecule has 0 aromatic rings. The van der Waals surface area contributed by atoms with Crippen molar-refractivity contribution in [1.29, 1.82) is 0 Å². The molecule has 0 aromatic heterocycles. The van der Waals surface area contributed by atoms with Crippen molar-refractivity contribution in [3.63, 3.8) is 0 Å². The summed E-state index contributed by atoms with van der Waals surface area (Å²) in [6, 6.07) is 0. The van der Waals surface area contributed by atoms with Gasteiger partial charge in [-0.25, -0.2) is 0 Å². The van der Waals surface area contributed by atoms with Crippen molar-refractivity contribution in [3.05, 3.63) is 0 Å². The van der Waals surface area contributed by atoms with Gasteiger partial charge in [0.1, 0.15) is 0 Å². The minimum Gasteiger partial charge on any atom is -0.0651 e. The fraction of sp³-hybridized carbons (Fsp3) is 1.00. The Morgan fingerprint density at radius 2 is 1.12 bits per heavy atom. The van der Waals surface area contributed by atoms with Gasteiger partial charge >= 0.3 is 0 Å². The van der Waals surface area contributed by atoms with Crippen LogP contribution in [0.4, 0.5) is 0 Å². The minimum absolute atomic E-state index is 0.824. The highest BCUT2D eigenvalue weighted by atomic mass is 14.3. The molecule has 104 valence electrons. The van der Waals surface area contributed by atoms with Crippen LogP contribution in [-0.2, 0) is 0 Å². The smallest absolute Gasteiger partial charge is 0.0363 e. The van der Waals surface area contributed by atoms with Crippen LogP contribution < -0.4 is 0 Å². The second-order valence-corrected chi connectivity index (χ2v) is 6.95. The highest BCUT2D eigenvalue weighted by molar-refractivity contribution is 4.74. The number of hydrogen-bond donors (Lipinski definition) is 0. The third-order valence-electron chi connectivity index (χ3n) is 5.14. The van der Waals surface area contributed by atoms with Crippen LogP contribution in [0.5, 0.6) is 0 Å². The van der Waals surface area contributed by atoms with E-state index in [0.29, 0.717) is 0 Å². The summed E-state index contributed by atoms with van der Waals surface area (Å²) in [6.45, 7) is 19.1. The molecule has 0 aliphatic rings. The molecule has 0 saturated heterocycles. The molecule has 0 rings (SSSR count). The van der Waals surface area contributed by atoms with Crippen molar-refractivity contribution in [3.8, 4) is 0 Å². The van der Waals surface area contributed by atoms with E-state index in [1.807, 2.05) is 0 Å². The molecular formula is C17H36. The monoisotopic (exact) mass is 240 g/mol. The summed E-state index contributed by atoms with van der Waals surface area (Å²) < 4.78 is 0. The van der Waals surface area contributed by atoms with E-state index in [-0.39, 0.29) is 0 Å². The zero-order chi connectivity index (χ0) is 13.6. The second kappa shape index (κ2) is 8.16. The molecule has 0 heterocycles. The lowest BCUT2D eigenvalue weighted by Crippen LogP contribution is -2.23. The lowest BCUT2D eigenvalue weighted by atomic mass is 9.74. The molecule has 17 heavy (non-hydrogen) atoms. The van der Waals surface area contributed by atoms with Gasteiger partial charge in [-0.15, -0.1) is 0 Å². The van der Waals surface area contributed by atoms with Crippen molar-refractivity contribution in [2.75, 3.05) is 0 Å². The Kier molecular flexibility index (Phi) is 8.16. The van der Waals surface area contributed by atoms with E-state index in [0.717, 1.165) is 35.5 Å². The first kappa shape index (κ1) is 17.0. The van der Waals surface area contributed by atoms with Gasteiger partial charge in [0.25, 0.3) is 0 Å². The van der Waals surface area contributed by atoms with Crippen LogP contribution in [0.1, 0.15) is 74.7 Å². The summed E-state index contributed by atoms with van der Waals surface area (Å²) in [5.74, 6) is 5.20. The van der Waals surface area contributed by atoms with Crippen molar-refractivity contribution in [2.45, 2.75) is 74.7 Å². The molecular weight excluding hydrogens is 204 g/mol. The molecule has 0 aromatic carbocycles. The van der Waals surface area contributed by atoms with E-state index < -0.39 is 0 Å². The normalized spacial score (nSPS) is 19.4. The van der Waals surface area contributed by atoms with Gasteiger partial charge in [0.05, 0.1) is 0 Å². The second-order valence-electron chi connectivity index (χ2n) is 6.95. The van der Waals surface area contributed by atoms with E-state index in [1.165, 1.54) is 19.3 Å². The lowest BCUT2D eigenvalue weighted by Gasteiger charge is -2.32. The number of rotatable bonds is 8. The fourth-order valence-electron chi connectivity index (χ4n) is 2.86. The Balaban J connectivity index is 4.21. The van der Waals surface area contributed by atoms with Crippen LogP contribution >= 0.6 is 0 Å². The van der Waals surface area contributed by atoms with Crippen LogP contribution in [0.25, 0.3) is 0 Å². The molecule has 4 unspecified atom stereocenters. The summed E-state index contributed by atoms with van der Waals surface area (Å²) in [5, 5.41) is 0. The molecule has 0 fully saturated rings. The molecule has 0 spiro atoms. The van der Waals surface area contributed by atoms with Crippen LogP contribution in [0.15, 0.2) is 0 Å². The van der Waals surface area contributed by atoms with Gasteiger partial charge in [-0.3, -0.25) is 0 Å². The van der Waals surface area contributed by atoms with Crippen LogP contribution in [0, 0.1) is 35.5 Å². The Hall–Kier alpha value is 0. The largest absolute Gasteiger partial charge is 0.0651 e. The maximum Gasteiger partial charge on any atom is -0.0363 e. The molecule has 0 nitrogen and oxygen atoms in total. The molecule has 0 aliphatic heterocycles. The van der Waals surface area contributed by atoms with Gasteiger partial charge in [0.2, 0.25) is 0 Å². The van der Waals surface area contributed by atoms with E-state index in [1.54, 1.807) is 0 Å². The van der Waals surface area contributed by atoms with Crippen molar-refractivity contribution < 1.29 is 0 Å². The summed E-state index contributed by atoms with van der Waals surface area (Å²) in [6.07, 6.45) is 4.16. The molecule has 0 amide bonds. The Morgan fingerprint density at radius 3 is 1.47 bits per heavy atom. The van der Waals surface area contributed by atoms with E-state index in [2.05, 4.69) is 55.4 Å². The first-order chi connectivity index (χ1) is 7.81. The molecule has 0 radical (unpaired) electrons. The maximum absolute atomic E-state index is 2.47. The third kappa shape index (κ3) is 5.93. The van der Waals surface area contributed by atoms with Crippen molar-refractivity contribution in [1.82, 2.24) is 0 Å². The minimum atomic E-state index is 0.824. The first-order valence-corrected chi connectivity index (χ1v) is 7.81. The van der Waals surface area contributed by atoms with Gasteiger partial charge in [0, 0.05) is 0 Å². The van der Waals surface area contributed by atoms with Gasteiger partial charge in [-0.05, 0) is 35.5 Å².